The van der Waals surface area contributed by atoms with E-state index in [4.69, 9.17) is 4.74 Å². The van der Waals surface area contributed by atoms with E-state index in [0.717, 1.165) is 53.4 Å². The lowest BCUT2D eigenvalue weighted by Gasteiger charge is -2.33. The number of H-pyrrole nitrogens is 1. The number of anilines is 1. The minimum atomic E-state index is -0.564. The average Bonchev–Trinajstić information content (AvgIpc) is 3.35. The van der Waals surface area contributed by atoms with E-state index in [1.54, 1.807) is 13.3 Å². The van der Waals surface area contributed by atoms with E-state index in [1.165, 1.54) is 0 Å². The molecule has 3 N–H and O–H groups in total. The fourth-order valence-electron chi connectivity index (χ4n) is 4.10. The second kappa shape index (κ2) is 6.73. The molecule has 8 heteroatoms. The maximum atomic E-state index is 10.2. The molecule has 4 aromatic rings. The second-order valence-electron chi connectivity index (χ2n) is 8.01. The third-order valence-electron chi connectivity index (χ3n) is 5.80. The summed E-state index contributed by atoms with van der Waals surface area (Å²) in [5, 5.41) is 18.7. The van der Waals surface area contributed by atoms with Crippen molar-refractivity contribution in [3.8, 4) is 17.0 Å². The molecule has 0 amide bonds. The quantitative estimate of drug-likeness (QED) is 0.492. The van der Waals surface area contributed by atoms with E-state index >= 15 is 0 Å². The van der Waals surface area contributed by atoms with Gasteiger partial charge < -0.3 is 20.1 Å². The van der Waals surface area contributed by atoms with E-state index in [0.29, 0.717) is 11.8 Å². The molecule has 29 heavy (non-hydrogen) atoms. The van der Waals surface area contributed by atoms with Gasteiger partial charge in [0.25, 0.3) is 0 Å². The lowest BCUT2D eigenvalue weighted by Crippen LogP contribution is -2.36. The molecule has 4 aromatic heterocycles. The minimum absolute atomic E-state index is 0.246. The molecule has 5 rings (SSSR count). The van der Waals surface area contributed by atoms with Gasteiger partial charge >= 0.3 is 0 Å². The molecule has 0 atom stereocenters. The van der Waals surface area contributed by atoms with Crippen molar-refractivity contribution in [3.63, 3.8) is 0 Å². The molecule has 1 aliphatic carbocycles. The van der Waals surface area contributed by atoms with Crippen molar-refractivity contribution in [2.45, 2.75) is 44.2 Å². The van der Waals surface area contributed by atoms with Crippen molar-refractivity contribution < 1.29 is 9.84 Å². The van der Waals surface area contributed by atoms with Gasteiger partial charge in [-0.3, -0.25) is 0 Å². The molecule has 150 valence electrons. The Morgan fingerprint density at radius 1 is 1.28 bits per heavy atom. The molecule has 0 bridgehead atoms. The van der Waals surface area contributed by atoms with Crippen LogP contribution in [0, 0.1) is 0 Å². The monoisotopic (exact) mass is 392 g/mol. The SMILES string of the molecule is COc1nc(N[C@H]2CC[C@](C)(O)CC2)nc2[nH]cc(-c3ccn4nccc4c3)c12. The third kappa shape index (κ3) is 3.29. The van der Waals surface area contributed by atoms with Crippen molar-refractivity contribution in [3.05, 3.63) is 36.8 Å². The first kappa shape index (κ1) is 17.9. The van der Waals surface area contributed by atoms with Crippen LogP contribution in [0.5, 0.6) is 5.88 Å². The summed E-state index contributed by atoms with van der Waals surface area (Å²) in [6.45, 7) is 1.90. The molecule has 4 heterocycles. The van der Waals surface area contributed by atoms with Gasteiger partial charge in [-0.1, -0.05) is 0 Å². The van der Waals surface area contributed by atoms with Crippen molar-refractivity contribution in [1.29, 1.82) is 0 Å². The van der Waals surface area contributed by atoms with Gasteiger partial charge in [0.15, 0.2) is 0 Å². The van der Waals surface area contributed by atoms with Crippen molar-refractivity contribution >= 4 is 22.5 Å². The molecule has 0 saturated heterocycles. The van der Waals surface area contributed by atoms with Crippen LogP contribution in [0.4, 0.5) is 5.95 Å². The number of hydrogen-bond acceptors (Lipinski definition) is 6. The summed E-state index contributed by atoms with van der Waals surface area (Å²) in [6.07, 6.45) is 8.97. The van der Waals surface area contributed by atoms with E-state index in [2.05, 4.69) is 31.4 Å². The van der Waals surface area contributed by atoms with Crippen LogP contribution >= 0.6 is 0 Å². The van der Waals surface area contributed by atoms with Crippen molar-refractivity contribution in [1.82, 2.24) is 24.6 Å². The van der Waals surface area contributed by atoms with Gasteiger partial charge in [0.05, 0.1) is 23.6 Å². The zero-order valence-corrected chi connectivity index (χ0v) is 16.5. The standard InChI is InChI=1S/C21H24N6O2/c1-21(28)7-3-14(4-8-21)24-20-25-18-17(19(26-20)29-2)16(12-22-18)13-6-10-27-15(11-13)5-9-23-27/h5-6,9-12,14,28H,3-4,7-8H2,1-2H3,(H2,22,24,25,26)/t14-,21-. The number of nitrogens with zero attached hydrogens (tertiary/aromatic N) is 4. The zero-order valence-electron chi connectivity index (χ0n) is 16.5. The molecule has 0 unspecified atom stereocenters. The Kier molecular flexibility index (Phi) is 4.16. The lowest BCUT2D eigenvalue weighted by molar-refractivity contribution is 0.0195. The van der Waals surface area contributed by atoms with Crippen molar-refractivity contribution in [2.24, 2.45) is 0 Å². The first-order chi connectivity index (χ1) is 14.0. The molecule has 8 nitrogen and oxygen atoms in total. The number of fused-ring (bicyclic) bond motifs is 2. The lowest BCUT2D eigenvalue weighted by atomic mass is 9.84. The number of methoxy groups -OCH3 is 1. The number of aromatic nitrogens is 5. The largest absolute Gasteiger partial charge is 0.480 e. The van der Waals surface area contributed by atoms with Gasteiger partial charge in [0, 0.05) is 30.2 Å². The zero-order chi connectivity index (χ0) is 20.0. The minimum Gasteiger partial charge on any atom is -0.480 e. The number of nitrogens with one attached hydrogen (secondary N) is 2. The summed E-state index contributed by atoms with van der Waals surface area (Å²) < 4.78 is 7.44. The van der Waals surface area contributed by atoms with Gasteiger partial charge in [0.1, 0.15) is 5.65 Å². The summed E-state index contributed by atoms with van der Waals surface area (Å²) in [5.74, 6) is 1.07. The highest BCUT2D eigenvalue weighted by Crippen LogP contribution is 2.35. The second-order valence-corrected chi connectivity index (χ2v) is 8.01. The highest BCUT2D eigenvalue weighted by Gasteiger charge is 2.29. The normalized spacial score (nSPS) is 22.2. The molecule has 0 aromatic carbocycles. The number of ether oxygens (including phenoxy) is 1. The van der Waals surface area contributed by atoms with Gasteiger partial charge in [0.2, 0.25) is 11.8 Å². The summed E-state index contributed by atoms with van der Waals surface area (Å²) in [4.78, 5) is 12.6. The molecule has 1 aliphatic rings. The van der Waals surface area contributed by atoms with Gasteiger partial charge in [-0.15, -0.1) is 0 Å². The van der Waals surface area contributed by atoms with Crippen LogP contribution in [0.1, 0.15) is 32.6 Å². The third-order valence-corrected chi connectivity index (χ3v) is 5.80. The summed E-state index contributed by atoms with van der Waals surface area (Å²) in [7, 11) is 1.63. The predicted octanol–water partition coefficient (Wildman–Crippen LogP) is 3.39. The number of aliphatic hydroxyl groups is 1. The van der Waals surface area contributed by atoms with Crippen LogP contribution in [-0.2, 0) is 0 Å². The maximum absolute atomic E-state index is 10.2. The Balaban J connectivity index is 1.49. The Morgan fingerprint density at radius 3 is 2.90 bits per heavy atom. The molecule has 0 aliphatic heterocycles. The number of aromatic amines is 1. The van der Waals surface area contributed by atoms with Crippen LogP contribution in [-0.4, -0.2) is 48.4 Å². The van der Waals surface area contributed by atoms with Crippen LogP contribution in [0.25, 0.3) is 27.7 Å². The molecular weight excluding hydrogens is 368 g/mol. The predicted molar refractivity (Wildman–Crippen MR) is 111 cm³/mol. The number of rotatable bonds is 4. The van der Waals surface area contributed by atoms with E-state index < -0.39 is 5.60 Å². The molecule has 0 radical (unpaired) electrons. The van der Waals surface area contributed by atoms with Crippen LogP contribution in [0.2, 0.25) is 0 Å². The Morgan fingerprint density at radius 2 is 2.10 bits per heavy atom. The number of pyridine rings is 1. The van der Waals surface area contributed by atoms with Gasteiger partial charge in [-0.2, -0.15) is 15.1 Å². The van der Waals surface area contributed by atoms with Gasteiger partial charge in [-0.05, 0) is 56.4 Å². The first-order valence-electron chi connectivity index (χ1n) is 9.88. The maximum Gasteiger partial charge on any atom is 0.228 e. The Labute approximate surface area is 167 Å². The fourth-order valence-corrected chi connectivity index (χ4v) is 4.10. The van der Waals surface area contributed by atoms with Crippen LogP contribution < -0.4 is 10.1 Å². The summed E-state index contributed by atoms with van der Waals surface area (Å²) in [5.41, 5.74) is 3.21. The van der Waals surface area contributed by atoms with Gasteiger partial charge in [-0.25, -0.2) is 4.52 Å². The smallest absolute Gasteiger partial charge is 0.228 e. The van der Waals surface area contributed by atoms with Crippen LogP contribution in [0.15, 0.2) is 36.8 Å². The van der Waals surface area contributed by atoms with Crippen molar-refractivity contribution in [2.75, 3.05) is 12.4 Å². The highest BCUT2D eigenvalue weighted by molar-refractivity contribution is 5.98. The Bertz CT molecular complexity index is 1170. The molecule has 1 saturated carbocycles. The van der Waals surface area contributed by atoms with E-state index in [9.17, 15) is 5.11 Å². The van der Waals surface area contributed by atoms with Crippen LogP contribution in [0.3, 0.4) is 0 Å². The molecule has 0 spiro atoms. The fraction of sp³-hybridized carbons (Fsp3) is 0.381. The molecular formula is C21H24N6O2. The topological polar surface area (TPSA) is 100 Å². The highest BCUT2D eigenvalue weighted by atomic mass is 16.5. The van der Waals surface area contributed by atoms with E-state index in [-0.39, 0.29) is 6.04 Å². The Hall–Kier alpha value is -3.13. The summed E-state index contributed by atoms with van der Waals surface area (Å²) in [6, 6.07) is 6.31. The van der Waals surface area contributed by atoms with E-state index in [1.807, 2.05) is 36.0 Å². The molecule has 1 fully saturated rings. The first-order valence-corrected chi connectivity index (χ1v) is 9.88. The number of hydrogen-bond donors (Lipinski definition) is 3. The summed E-state index contributed by atoms with van der Waals surface area (Å²) >= 11 is 0. The average molecular weight is 392 g/mol.